The Balaban J connectivity index is 0.000000490. The zero-order chi connectivity index (χ0) is 5.11. The predicted octanol–water partition coefficient (Wildman–Crippen LogP) is -4.04. The van der Waals surface area contributed by atoms with Gasteiger partial charge in [0.15, 0.2) is 0 Å². The van der Waals surface area contributed by atoms with Crippen LogP contribution in [0.5, 0.6) is 0 Å². The molecule has 42 valence electrons. The van der Waals surface area contributed by atoms with E-state index in [9.17, 15) is 5.11 Å². The monoisotopic (exact) mass is 139 g/mol. The van der Waals surface area contributed by atoms with Crippen LogP contribution in [-0.4, -0.2) is 19.7 Å². The van der Waals surface area contributed by atoms with Crippen molar-refractivity contribution in [1.82, 2.24) is 5.32 Å². The molecule has 0 aromatic rings. The van der Waals surface area contributed by atoms with Crippen molar-refractivity contribution in [1.29, 1.82) is 0 Å². The third-order valence-corrected chi connectivity index (χ3v) is 1.40. The van der Waals surface area contributed by atoms with E-state index in [-0.39, 0.29) is 58.0 Å². The Morgan fingerprint density at radius 2 is 2.38 bits per heavy atom. The molecule has 0 aromatic heterocycles. The van der Waals surface area contributed by atoms with Crippen LogP contribution in [0.2, 0.25) is 0 Å². The van der Waals surface area contributed by atoms with E-state index < -0.39 is 0 Å². The van der Waals surface area contributed by atoms with E-state index in [1.54, 1.807) is 0 Å². The molecule has 0 amide bonds. The molecular formula is C5H10KNO. The molecule has 1 saturated heterocycles. The topological polar surface area (TPSA) is 35.1 Å². The first-order chi connectivity index (χ1) is 3.43. The van der Waals surface area contributed by atoms with Crippen molar-refractivity contribution in [2.75, 3.05) is 19.7 Å². The molecule has 1 aliphatic heterocycles. The molecule has 1 unspecified atom stereocenters. The van der Waals surface area contributed by atoms with Crippen molar-refractivity contribution in [2.24, 2.45) is 5.92 Å². The molecule has 1 heterocycles. The van der Waals surface area contributed by atoms with Gasteiger partial charge in [0.2, 0.25) is 0 Å². The van der Waals surface area contributed by atoms with Gasteiger partial charge in [-0.1, -0.05) is 0 Å². The first-order valence-electron chi connectivity index (χ1n) is 2.72. The zero-order valence-electron chi connectivity index (χ0n) is 5.31. The zero-order valence-corrected chi connectivity index (χ0v) is 8.44. The predicted molar refractivity (Wildman–Crippen MR) is 25.8 cm³/mol. The summed E-state index contributed by atoms with van der Waals surface area (Å²) in [6.07, 6.45) is 1.09. The van der Waals surface area contributed by atoms with Crippen molar-refractivity contribution >= 4 is 0 Å². The average molecular weight is 139 g/mol. The number of hydrogen-bond donors (Lipinski definition) is 1. The molecule has 0 saturated carbocycles. The van der Waals surface area contributed by atoms with E-state index in [0.29, 0.717) is 5.92 Å². The van der Waals surface area contributed by atoms with Crippen LogP contribution in [0.15, 0.2) is 0 Å². The van der Waals surface area contributed by atoms with Gasteiger partial charge in [0.05, 0.1) is 0 Å². The van der Waals surface area contributed by atoms with Gasteiger partial charge < -0.3 is 10.4 Å². The van der Waals surface area contributed by atoms with Crippen LogP contribution in [0.4, 0.5) is 0 Å². The number of nitrogens with one attached hydrogen (secondary N) is 1. The summed E-state index contributed by atoms with van der Waals surface area (Å²) in [5.41, 5.74) is 0. The summed E-state index contributed by atoms with van der Waals surface area (Å²) in [5.74, 6) is 0.431. The van der Waals surface area contributed by atoms with Gasteiger partial charge >= 0.3 is 51.4 Å². The summed E-state index contributed by atoms with van der Waals surface area (Å²) in [7, 11) is 0. The summed E-state index contributed by atoms with van der Waals surface area (Å²) in [5, 5.41) is 13.2. The minimum Gasteiger partial charge on any atom is -0.854 e. The van der Waals surface area contributed by atoms with Crippen molar-refractivity contribution in [2.45, 2.75) is 6.42 Å². The number of rotatable bonds is 1. The van der Waals surface area contributed by atoms with Crippen LogP contribution in [-0.2, 0) is 0 Å². The minimum atomic E-state index is 0. The second kappa shape index (κ2) is 5.35. The van der Waals surface area contributed by atoms with Crippen LogP contribution in [0.25, 0.3) is 0 Å². The Morgan fingerprint density at radius 3 is 2.62 bits per heavy atom. The standard InChI is InChI=1S/C5H10NO.K/c7-4-5-1-2-6-3-5;/h5-6H,1-4H2;/q-1;+1. The second-order valence-corrected chi connectivity index (χ2v) is 2.03. The van der Waals surface area contributed by atoms with Gasteiger partial charge in [0.1, 0.15) is 0 Å². The third-order valence-electron chi connectivity index (χ3n) is 1.40. The van der Waals surface area contributed by atoms with Gasteiger partial charge in [-0.15, -0.1) is 6.61 Å². The molecule has 8 heavy (non-hydrogen) atoms. The average Bonchev–Trinajstić information content (AvgIpc) is 2.14. The summed E-state index contributed by atoms with van der Waals surface area (Å²) in [6.45, 7) is 2.10. The molecular weight excluding hydrogens is 129 g/mol. The molecule has 1 atom stereocenters. The molecule has 1 aliphatic rings. The summed E-state index contributed by atoms with van der Waals surface area (Å²) < 4.78 is 0. The van der Waals surface area contributed by atoms with Crippen LogP contribution >= 0.6 is 0 Å². The Kier molecular flexibility index (Phi) is 6.39. The first-order valence-corrected chi connectivity index (χ1v) is 2.72. The van der Waals surface area contributed by atoms with Crippen molar-refractivity contribution in [3.63, 3.8) is 0 Å². The van der Waals surface area contributed by atoms with E-state index in [0.717, 1.165) is 19.5 Å². The van der Waals surface area contributed by atoms with E-state index >= 15 is 0 Å². The van der Waals surface area contributed by atoms with Crippen molar-refractivity contribution < 1.29 is 56.5 Å². The molecule has 1 N–H and O–H groups in total. The fourth-order valence-corrected chi connectivity index (χ4v) is 0.857. The fourth-order valence-electron chi connectivity index (χ4n) is 0.857. The Morgan fingerprint density at radius 1 is 1.62 bits per heavy atom. The molecule has 0 radical (unpaired) electrons. The minimum absolute atomic E-state index is 0. The fraction of sp³-hybridized carbons (Fsp3) is 1.00. The maximum atomic E-state index is 10.1. The van der Waals surface area contributed by atoms with Gasteiger partial charge in [-0.2, -0.15) is 0 Å². The van der Waals surface area contributed by atoms with Gasteiger partial charge in [-0.25, -0.2) is 0 Å². The Labute approximate surface area is 92.5 Å². The molecule has 1 rings (SSSR count). The van der Waals surface area contributed by atoms with Gasteiger partial charge in [-0.3, -0.25) is 0 Å². The molecule has 1 fully saturated rings. The van der Waals surface area contributed by atoms with E-state index in [4.69, 9.17) is 0 Å². The summed E-state index contributed by atoms with van der Waals surface area (Å²) in [4.78, 5) is 0. The quantitative estimate of drug-likeness (QED) is 0.375. The van der Waals surface area contributed by atoms with Gasteiger partial charge in [0, 0.05) is 0 Å². The van der Waals surface area contributed by atoms with E-state index in [2.05, 4.69) is 5.32 Å². The van der Waals surface area contributed by atoms with Crippen LogP contribution in [0.3, 0.4) is 0 Å². The van der Waals surface area contributed by atoms with Gasteiger partial charge in [0.25, 0.3) is 0 Å². The van der Waals surface area contributed by atoms with E-state index in [1.165, 1.54) is 0 Å². The van der Waals surface area contributed by atoms with Crippen LogP contribution in [0.1, 0.15) is 6.42 Å². The Bertz CT molecular complexity index is 54.4. The maximum absolute atomic E-state index is 10.1. The summed E-state index contributed by atoms with van der Waals surface area (Å²) >= 11 is 0. The summed E-state index contributed by atoms with van der Waals surface area (Å²) in [6, 6.07) is 0. The van der Waals surface area contributed by atoms with E-state index in [1.807, 2.05) is 0 Å². The number of hydrogen-bond acceptors (Lipinski definition) is 2. The Hall–Kier alpha value is 1.56. The first kappa shape index (κ1) is 9.56. The van der Waals surface area contributed by atoms with Crippen LogP contribution < -0.4 is 61.8 Å². The maximum Gasteiger partial charge on any atom is 1.00 e. The SMILES string of the molecule is [K+].[O-]CC1CCNC1. The smallest absolute Gasteiger partial charge is 0.854 e. The molecule has 0 spiro atoms. The molecule has 0 bridgehead atoms. The molecule has 0 aliphatic carbocycles. The third kappa shape index (κ3) is 2.91. The van der Waals surface area contributed by atoms with Crippen LogP contribution in [0, 0.1) is 5.92 Å². The molecule has 0 aromatic carbocycles. The second-order valence-electron chi connectivity index (χ2n) is 2.03. The van der Waals surface area contributed by atoms with Gasteiger partial charge in [-0.05, 0) is 25.4 Å². The largest absolute Gasteiger partial charge is 1.00 e. The normalized spacial score (nSPS) is 27.4. The van der Waals surface area contributed by atoms with Crippen molar-refractivity contribution in [3.05, 3.63) is 0 Å². The molecule has 3 heteroatoms. The molecule has 2 nitrogen and oxygen atoms in total. The van der Waals surface area contributed by atoms with Crippen molar-refractivity contribution in [3.8, 4) is 0 Å².